The summed E-state index contributed by atoms with van der Waals surface area (Å²) in [4.78, 5) is 36.6. The zero-order chi connectivity index (χ0) is 25.8. The third kappa shape index (κ3) is 5.43. The summed E-state index contributed by atoms with van der Waals surface area (Å²) in [6.07, 6.45) is 9.84. The zero-order valence-electron chi connectivity index (χ0n) is 21.3. The van der Waals surface area contributed by atoms with E-state index in [-0.39, 0.29) is 17.9 Å². The van der Waals surface area contributed by atoms with Gasteiger partial charge in [0.15, 0.2) is 0 Å². The molecule has 2 amide bonds. The van der Waals surface area contributed by atoms with E-state index in [0.717, 1.165) is 54.8 Å². The lowest BCUT2D eigenvalue weighted by Crippen LogP contribution is -2.50. The van der Waals surface area contributed by atoms with Crippen LogP contribution >= 0.6 is 0 Å². The highest BCUT2D eigenvalue weighted by atomic mass is 16.5. The molecule has 2 aliphatic rings. The minimum absolute atomic E-state index is 0.0494. The summed E-state index contributed by atoms with van der Waals surface area (Å²) in [6, 6.07) is 14.0. The van der Waals surface area contributed by atoms with Crippen molar-refractivity contribution in [2.24, 2.45) is 0 Å². The fraction of sp³-hybridized carbons (Fsp3) is 0.379. The maximum Gasteiger partial charge on any atom is 0.252 e. The molecule has 37 heavy (non-hydrogen) atoms. The number of rotatable bonds is 8. The van der Waals surface area contributed by atoms with E-state index >= 15 is 0 Å². The van der Waals surface area contributed by atoms with Crippen LogP contribution in [0.4, 0.5) is 5.82 Å². The molecule has 2 fully saturated rings. The van der Waals surface area contributed by atoms with Crippen molar-refractivity contribution in [1.82, 2.24) is 20.6 Å². The molecule has 1 aromatic carbocycles. The molecule has 0 unspecified atom stereocenters. The predicted octanol–water partition coefficient (Wildman–Crippen LogP) is 3.70. The first-order valence-electron chi connectivity index (χ1n) is 12.9. The van der Waals surface area contributed by atoms with Crippen LogP contribution in [0.2, 0.25) is 0 Å². The molecule has 0 radical (unpaired) electrons. The van der Waals surface area contributed by atoms with Gasteiger partial charge in [-0.05, 0) is 81.0 Å². The molecule has 0 saturated carbocycles. The van der Waals surface area contributed by atoms with Crippen molar-refractivity contribution in [3.8, 4) is 5.75 Å². The van der Waals surface area contributed by atoms with Gasteiger partial charge in [-0.3, -0.25) is 14.6 Å². The Morgan fingerprint density at radius 1 is 1.03 bits per heavy atom. The fourth-order valence-corrected chi connectivity index (χ4v) is 5.66. The number of carbonyl (C=O) groups is 2. The summed E-state index contributed by atoms with van der Waals surface area (Å²) in [5, 5.41) is 6.22. The number of amides is 2. The van der Waals surface area contributed by atoms with Gasteiger partial charge in [0.2, 0.25) is 0 Å². The van der Waals surface area contributed by atoms with E-state index in [4.69, 9.17) is 4.74 Å². The highest BCUT2D eigenvalue weighted by Gasteiger charge is 2.42. The Balaban J connectivity index is 1.17. The Morgan fingerprint density at radius 2 is 1.78 bits per heavy atom. The topological polar surface area (TPSA) is 96.5 Å². The minimum Gasteiger partial charge on any atom is -0.496 e. The molecule has 192 valence electrons. The molecule has 8 nitrogen and oxygen atoms in total. The third-order valence-corrected chi connectivity index (χ3v) is 7.54. The van der Waals surface area contributed by atoms with Gasteiger partial charge in [0.1, 0.15) is 11.6 Å². The Kier molecular flexibility index (Phi) is 7.35. The number of hydrogen-bond donors (Lipinski definition) is 2. The molecule has 3 atom stereocenters. The molecule has 3 aromatic rings. The SMILES string of the molecule is COc1cccc(C(=O)N[C@H]2C[C@H]3CC[C@@H](C2)N3c2ccc(C(=O)NCCc3ccncc3)cn2)c1C. The lowest BCUT2D eigenvalue weighted by molar-refractivity contribution is 0.0924. The van der Waals surface area contributed by atoms with Gasteiger partial charge in [0.25, 0.3) is 11.8 Å². The first-order chi connectivity index (χ1) is 18.0. The van der Waals surface area contributed by atoms with Crippen molar-refractivity contribution in [3.05, 3.63) is 83.3 Å². The summed E-state index contributed by atoms with van der Waals surface area (Å²) in [5.41, 5.74) is 3.21. The summed E-state index contributed by atoms with van der Waals surface area (Å²) in [5.74, 6) is 1.45. The average molecular weight is 500 g/mol. The minimum atomic E-state index is -0.120. The molecule has 8 heteroatoms. The molecule has 2 saturated heterocycles. The molecule has 4 heterocycles. The van der Waals surface area contributed by atoms with Gasteiger partial charge in [-0.1, -0.05) is 6.07 Å². The number of aromatic nitrogens is 2. The number of carbonyl (C=O) groups excluding carboxylic acids is 2. The van der Waals surface area contributed by atoms with Crippen molar-refractivity contribution in [1.29, 1.82) is 0 Å². The molecule has 2 N–H and O–H groups in total. The Bertz CT molecular complexity index is 1230. The van der Waals surface area contributed by atoms with E-state index < -0.39 is 0 Å². The van der Waals surface area contributed by atoms with Crippen LogP contribution in [0.1, 0.15) is 57.5 Å². The first kappa shape index (κ1) is 24.7. The number of anilines is 1. The van der Waals surface area contributed by atoms with E-state index in [1.807, 2.05) is 49.4 Å². The fourth-order valence-electron chi connectivity index (χ4n) is 5.66. The van der Waals surface area contributed by atoms with Crippen molar-refractivity contribution in [2.75, 3.05) is 18.6 Å². The smallest absolute Gasteiger partial charge is 0.252 e. The predicted molar refractivity (Wildman–Crippen MR) is 142 cm³/mol. The van der Waals surface area contributed by atoms with E-state index in [0.29, 0.717) is 29.8 Å². The van der Waals surface area contributed by atoms with E-state index in [2.05, 4.69) is 25.5 Å². The molecule has 2 aromatic heterocycles. The molecule has 0 spiro atoms. The molecule has 2 bridgehead atoms. The van der Waals surface area contributed by atoms with Gasteiger partial charge in [0, 0.05) is 54.4 Å². The van der Waals surface area contributed by atoms with E-state index in [1.165, 1.54) is 0 Å². The Morgan fingerprint density at radius 3 is 2.46 bits per heavy atom. The van der Waals surface area contributed by atoms with Crippen LogP contribution in [0, 0.1) is 6.92 Å². The zero-order valence-corrected chi connectivity index (χ0v) is 21.3. The molecular formula is C29H33N5O3. The van der Waals surface area contributed by atoms with Crippen LogP contribution in [0.3, 0.4) is 0 Å². The lowest BCUT2D eigenvalue weighted by atomic mass is 9.96. The second-order valence-corrected chi connectivity index (χ2v) is 9.83. The Hall–Kier alpha value is -3.94. The lowest BCUT2D eigenvalue weighted by Gasteiger charge is -2.40. The van der Waals surface area contributed by atoms with Crippen LogP contribution < -0.4 is 20.3 Å². The highest BCUT2D eigenvalue weighted by molar-refractivity contribution is 5.96. The number of methoxy groups -OCH3 is 1. The number of nitrogens with one attached hydrogen (secondary N) is 2. The first-order valence-corrected chi connectivity index (χ1v) is 12.9. The van der Waals surface area contributed by atoms with E-state index in [1.54, 1.807) is 25.7 Å². The van der Waals surface area contributed by atoms with Crippen LogP contribution in [0.25, 0.3) is 0 Å². The second-order valence-electron chi connectivity index (χ2n) is 9.83. The summed E-state index contributed by atoms with van der Waals surface area (Å²) in [7, 11) is 1.62. The average Bonchev–Trinajstić information content (AvgIpc) is 3.19. The molecule has 5 rings (SSSR count). The normalized spacial score (nSPS) is 20.4. The standard InChI is InChI=1S/C29H33N5O3/c1-19-25(4-3-5-26(19)37-2)29(36)33-22-16-23-7-8-24(17-22)34(23)27-9-6-21(18-32-27)28(35)31-15-12-20-10-13-30-14-11-20/h3-6,9-11,13-14,18,22-24H,7-8,12,15-17H2,1-2H3,(H,31,35)(H,33,36)/t22-,23+,24-. The van der Waals surface area contributed by atoms with Crippen LogP contribution in [0.5, 0.6) is 5.75 Å². The highest BCUT2D eigenvalue weighted by Crippen LogP contribution is 2.38. The monoisotopic (exact) mass is 499 g/mol. The van der Waals surface area contributed by atoms with Crippen LogP contribution in [-0.4, -0.2) is 53.6 Å². The van der Waals surface area contributed by atoms with Gasteiger partial charge < -0.3 is 20.3 Å². The van der Waals surface area contributed by atoms with Crippen molar-refractivity contribution >= 4 is 17.6 Å². The number of fused-ring (bicyclic) bond motifs is 2. The summed E-state index contributed by atoms with van der Waals surface area (Å²) < 4.78 is 5.37. The Labute approximate surface area is 217 Å². The van der Waals surface area contributed by atoms with E-state index in [9.17, 15) is 9.59 Å². The van der Waals surface area contributed by atoms with Crippen molar-refractivity contribution < 1.29 is 14.3 Å². The maximum atomic E-state index is 13.0. The van der Waals surface area contributed by atoms with Gasteiger partial charge in [-0.15, -0.1) is 0 Å². The molecule has 0 aliphatic carbocycles. The largest absolute Gasteiger partial charge is 0.496 e. The third-order valence-electron chi connectivity index (χ3n) is 7.54. The maximum absolute atomic E-state index is 13.0. The number of ether oxygens (including phenoxy) is 1. The quantitative estimate of drug-likeness (QED) is 0.491. The number of pyridine rings is 2. The van der Waals surface area contributed by atoms with Crippen LogP contribution in [0.15, 0.2) is 61.1 Å². The molecule has 2 aliphatic heterocycles. The number of nitrogens with zero attached hydrogens (tertiary/aromatic N) is 3. The van der Waals surface area contributed by atoms with Gasteiger partial charge in [0.05, 0.1) is 12.7 Å². The van der Waals surface area contributed by atoms with Crippen molar-refractivity contribution in [2.45, 2.75) is 57.2 Å². The van der Waals surface area contributed by atoms with Gasteiger partial charge in [-0.25, -0.2) is 4.98 Å². The number of hydrogen-bond acceptors (Lipinski definition) is 6. The van der Waals surface area contributed by atoms with Crippen LogP contribution in [-0.2, 0) is 6.42 Å². The number of piperidine rings is 1. The number of benzene rings is 1. The summed E-state index contributed by atoms with van der Waals surface area (Å²) >= 11 is 0. The second kappa shape index (κ2) is 11.0. The van der Waals surface area contributed by atoms with Gasteiger partial charge >= 0.3 is 0 Å². The van der Waals surface area contributed by atoms with Crippen molar-refractivity contribution in [3.63, 3.8) is 0 Å². The van der Waals surface area contributed by atoms with Gasteiger partial charge in [-0.2, -0.15) is 0 Å². The molecular weight excluding hydrogens is 466 g/mol. The summed E-state index contributed by atoms with van der Waals surface area (Å²) in [6.45, 7) is 2.47.